The number of hydrogen-bond donors (Lipinski definition) is 2. The molecule has 1 heterocycles. The lowest BCUT2D eigenvalue weighted by Crippen LogP contribution is -2.31. The first-order valence-electron chi connectivity index (χ1n) is 5.83. The van der Waals surface area contributed by atoms with E-state index in [0.29, 0.717) is 0 Å². The van der Waals surface area contributed by atoms with Crippen LogP contribution in [0.4, 0.5) is 11.4 Å². The highest BCUT2D eigenvalue weighted by molar-refractivity contribution is 7.09. The van der Waals surface area contributed by atoms with Gasteiger partial charge in [-0.2, -0.15) is 0 Å². The summed E-state index contributed by atoms with van der Waals surface area (Å²) in [5.74, 6) is -1.04. The fourth-order valence-corrected chi connectivity index (χ4v) is 2.52. The third kappa shape index (κ3) is 3.33. The number of nitrogens with zero attached hydrogens (tertiary/aromatic N) is 1. The van der Waals surface area contributed by atoms with Gasteiger partial charge in [0.05, 0.1) is 4.92 Å². The number of hydrogen-bond acceptors (Lipinski definition) is 5. The van der Waals surface area contributed by atoms with Crippen LogP contribution in [0.1, 0.15) is 4.88 Å². The maximum atomic E-state index is 11.3. The van der Waals surface area contributed by atoms with Gasteiger partial charge in [-0.1, -0.05) is 18.2 Å². The molecule has 1 aromatic heterocycles. The lowest BCUT2D eigenvalue weighted by Gasteiger charge is -2.14. The number of rotatable bonds is 6. The van der Waals surface area contributed by atoms with Crippen molar-refractivity contribution < 1.29 is 14.8 Å². The van der Waals surface area contributed by atoms with Crippen molar-refractivity contribution in [3.05, 3.63) is 56.8 Å². The molecule has 104 valence electrons. The Morgan fingerprint density at radius 1 is 1.35 bits per heavy atom. The van der Waals surface area contributed by atoms with Gasteiger partial charge in [0.2, 0.25) is 0 Å². The van der Waals surface area contributed by atoms with Gasteiger partial charge in [-0.3, -0.25) is 10.1 Å². The van der Waals surface area contributed by atoms with Crippen LogP contribution >= 0.6 is 11.3 Å². The van der Waals surface area contributed by atoms with Gasteiger partial charge in [0, 0.05) is 17.4 Å². The second-order valence-electron chi connectivity index (χ2n) is 4.09. The number of nitro benzene ring substituents is 1. The zero-order valence-corrected chi connectivity index (χ0v) is 11.2. The molecule has 0 fully saturated rings. The summed E-state index contributed by atoms with van der Waals surface area (Å²) in [6.07, 6.45) is 0.277. The van der Waals surface area contributed by atoms with Crippen molar-refractivity contribution in [2.24, 2.45) is 0 Å². The van der Waals surface area contributed by atoms with Gasteiger partial charge in [0.15, 0.2) is 0 Å². The van der Waals surface area contributed by atoms with E-state index in [1.807, 2.05) is 17.5 Å². The van der Waals surface area contributed by atoms with Gasteiger partial charge in [0.1, 0.15) is 11.7 Å². The van der Waals surface area contributed by atoms with E-state index < -0.39 is 16.9 Å². The minimum atomic E-state index is -1.04. The predicted octanol–water partition coefficient (Wildman–Crippen LogP) is 2.76. The van der Waals surface area contributed by atoms with E-state index in [0.717, 1.165) is 4.88 Å². The first kappa shape index (κ1) is 14.0. The molecule has 2 N–H and O–H groups in total. The summed E-state index contributed by atoms with van der Waals surface area (Å²) in [5.41, 5.74) is 0.0754. The number of carboxylic acids is 1. The molecule has 0 aliphatic rings. The maximum Gasteiger partial charge on any atom is 0.326 e. The van der Waals surface area contributed by atoms with Crippen LogP contribution in [0.2, 0.25) is 0 Å². The molecule has 0 unspecified atom stereocenters. The summed E-state index contributed by atoms with van der Waals surface area (Å²) in [4.78, 5) is 22.6. The molecule has 0 radical (unpaired) electrons. The topological polar surface area (TPSA) is 92.5 Å². The molecule has 0 saturated carbocycles. The molecule has 1 aromatic carbocycles. The molecule has 6 nitrogen and oxygen atoms in total. The van der Waals surface area contributed by atoms with Crippen molar-refractivity contribution in [3.8, 4) is 0 Å². The van der Waals surface area contributed by atoms with Crippen molar-refractivity contribution in [2.75, 3.05) is 5.32 Å². The van der Waals surface area contributed by atoms with Gasteiger partial charge < -0.3 is 10.4 Å². The molecule has 1 atom stereocenters. The molecular formula is C13H12N2O4S. The number of benzene rings is 1. The predicted molar refractivity (Wildman–Crippen MR) is 76.2 cm³/mol. The maximum absolute atomic E-state index is 11.3. The summed E-state index contributed by atoms with van der Waals surface area (Å²) in [5, 5.41) is 24.7. The van der Waals surface area contributed by atoms with Crippen LogP contribution < -0.4 is 5.32 Å². The molecular weight excluding hydrogens is 280 g/mol. The normalized spacial score (nSPS) is 11.8. The Hall–Kier alpha value is -2.41. The molecule has 7 heteroatoms. The minimum absolute atomic E-state index is 0.134. The first-order chi connectivity index (χ1) is 9.58. The monoisotopic (exact) mass is 292 g/mol. The number of anilines is 1. The molecule has 0 aliphatic heterocycles. The van der Waals surface area contributed by atoms with Crippen molar-refractivity contribution in [1.82, 2.24) is 0 Å². The van der Waals surface area contributed by atoms with E-state index in [9.17, 15) is 20.0 Å². The van der Waals surface area contributed by atoms with Gasteiger partial charge in [-0.15, -0.1) is 11.3 Å². The van der Waals surface area contributed by atoms with E-state index in [1.165, 1.54) is 23.5 Å². The summed E-state index contributed by atoms with van der Waals surface area (Å²) >= 11 is 1.45. The van der Waals surface area contributed by atoms with Crippen LogP contribution in [0.3, 0.4) is 0 Å². The summed E-state index contributed by atoms with van der Waals surface area (Å²) in [7, 11) is 0. The van der Waals surface area contributed by atoms with Crippen molar-refractivity contribution in [2.45, 2.75) is 12.5 Å². The van der Waals surface area contributed by atoms with Crippen LogP contribution in [-0.2, 0) is 11.2 Å². The fraction of sp³-hybridized carbons (Fsp3) is 0.154. The number of carbonyl (C=O) groups is 1. The Morgan fingerprint density at radius 3 is 2.70 bits per heavy atom. The molecule has 0 saturated heterocycles. The lowest BCUT2D eigenvalue weighted by atomic mass is 10.1. The first-order valence-corrected chi connectivity index (χ1v) is 6.71. The van der Waals surface area contributed by atoms with Crippen molar-refractivity contribution in [1.29, 1.82) is 0 Å². The lowest BCUT2D eigenvalue weighted by molar-refractivity contribution is -0.384. The fourth-order valence-electron chi connectivity index (χ4n) is 1.77. The Kier molecular flexibility index (Phi) is 4.31. The number of para-hydroxylation sites is 2. The Bertz CT molecular complexity index is 613. The van der Waals surface area contributed by atoms with Crippen LogP contribution in [0.5, 0.6) is 0 Å². The number of nitrogens with one attached hydrogen (secondary N) is 1. The summed E-state index contributed by atoms with van der Waals surface area (Å²) in [6, 6.07) is 8.77. The van der Waals surface area contributed by atoms with Gasteiger partial charge in [-0.25, -0.2) is 4.79 Å². The molecule has 0 aliphatic carbocycles. The van der Waals surface area contributed by atoms with Gasteiger partial charge in [-0.05, 0) is 17.5 Å². The summed E-state index contributed by atoms with van der Waals surface area (Å²) in [6.45, 7) is 0. The number of carboxylic acid groups (broad SMARTS) is 1. The molecule has 0 bridgehead atoms. The SMILES string of the molecule is O=C(O)[C@H](Cc1cccs1)Nc1ccccc1[N+](=O)[O-]. The Balaban J connectivity index is 2.20. The average Bonchev–Trinajstić information content (AvgIpc) is 2.91. The number of nitro groups is 1. The Labute approximate surface area is 118 Å². The molecule has 0 amide bonds. The standard InChI is InChI=1S/C13H12N2O4S/c16-13(17)11(8-9-4-3-7-20-9)14-10-5-1-2-6-12(10)15(18)19/h1-7,11,14H,8H2,(H,16,17)/t11-/m0/s1. The molecule has 0 spiro atoms. The highest BCUT2D eigenvalue weighted by Crippen LogP contribution is 2.25. The van der Waals surface area contributed by atoms with Gasteiger partial charge in [0.25, 0.3) is 5.69 Å². The quantitative estimate of drug-likeness (QED) is 0.631. The third-order valence-electron chi connectivity index (χ3n) is 2.71. The van der Waals surface area contributed by atoms with Crippen LogP contribution in [0, 0.1) is 10.1 Å². The minimum Gasteiger partial charge on any atom is -0.480 e. The largest absolute Gasteiger partial charge is 0.480 e. The van der Waals surface area contributed by atoms with Crippen LogP contribution in [0.15, 0.2) is 41.8 Å². The second kappa shape index (κ2) is 6.16. The van der Waals surface area contributed by atoms with E-state index in [1.54, 1.807) is 12.1 Å². The molecule has 20 heavy (non-hydrogen) atoms. The van der Waals surface area contributed by atoms with E-state index >= 15 is 0 Å². The van der Waals surface area contributed by atoms with Gasteiger partial charge >= 0.3 is 5.97 Å². The average molecular weight is 292 g/mol. The second-order valence-corrected chi connectivity index (χ2v) is 5.13. The number of aliphatic carboxylic acids is 1. The van der Waals surface area contributed by atoms with E-state index in [-0.39, 0.29) is 17.8 Å². The van der Waals surface area contributed by atoms with E-state index in [4.69, 9.17) is 0 Å². The zero-order valence-electron chi connectivity index (χ0n) is 10.4. The zero-order chi connectivity index (χ0) is 14.5. The van der Waals surface area contributed by atoms with E-state index in [2.05, 4.69) is 5.32 Å². The smallest absolute Gasteiger partial charge is 0.326 e. The van der Waals surface area contributed by atoms with Crippen molar-refractivity contribution >= 4 is 28.7 Å². The Morgan fingerprint density at radius 2 is 2.10 bits per heavy atom. The highest BCUT2D eigenvalue weighted by Gasteiger charge is 2.22. The highest BCUT2D eigenvalue weighted by atomic mass is 32.1. The molecule has 2 rings (SSSR count). The number of thiophene rings is 1. The van der Waals surface area contributed by atoms with Crippen molar-refractivity contribution in [3.63, 3.8) is 0 Å². The summed E-state index contributed by atoms with van der Waals surface area (Å²) < 4.78 is 0. The molecule has 2 aromatic rings. The third-order valence-corrected chi connectivity index (χ3v) is 3.61. The van der Waals surface area contributed by atoms with Crippen LogP contribution in [0.25, 0.3) is 0 Å². The van der Waals surface area contributed by atoms with Crippen LogP contribution in [-0.4, -0.2) is 22.0 Å².